The number of hydrogen-bond acceptors (Lipinski definition) is 7. The lowest BCUT2D eigenvalue weighted by atomic mass is 9.79. The van der Waals surface area contributed by atoms with Gasteiger partial charge in [0.15, 0.2) is 10.3 Å². The van der Waals surface area contributed by atoms with Gasteiger partial charge < -0.3 is 10.4 Å². The van der Waals surface area contributed by atoms with Gasteiger partial charge in [-0.15, -0.1) is 0 Å². The molecule has 0 amide bonds. The van der Waals surface area contributed by atoms with Crippen molar-refractivity contribution in [2.45, 2.75) is 173 Å². The van der Waals surface area contributed by atoms with E-state index in [9.17, 15) is 5.11 Å². The molecule has 0 aliphatic rings. The Kier molecular flexibility index (Phi) is 18.1. The second kappa shape index (κ2) is 20.6. The first-order chi connectivity index (χ1) is 21.0. The van der Waals surface area contributed by atoms with Crippen LogP contribution in [0.1, 0.15) is 162 Å². The largest absolute Gasteiger partial charge is 0.507 e. The van der Waals surface area contributed by atoms with Crippen molar-refractivity contribution >= 4 is 29.2 Å². The average molecular weight is 645 g/mol. The number of hydrogen-bond donors (Lipinski definition) is 2. The van der Waals surface area contributed by atoms with Gasteiger partial charge in [0.1, 0.15) is 11.6 Å². The molecule has 0 spiro atoms. The van der Waals surface area contributed by atoms with Gasteiger partial charge in [0.05, 0.1) is 0 Å². The average Bonchev–Trinajstić information content (AvgIpc) is 2.95. The van der Waals surface area contributed by atoms with E-state index in [1.807, 2.05) is 0 Å². The number of nitrogens with one attached hydrogen (secondary N) is 1. The summed E-state index contributed by atoms with van der Waals surface area (Å²) in [6.07, 6.45) is 18.7. The van der Waals surface area contributed by atoms with Crippen LogP contribution >= 0.6 is 23.5 Å². The number of unbranched alkanes of at least 4 members (excludes halogenated alkanes) is 11. The van der Waals surface area contributed by atoms with Crippen molar-refractivity contribution < 1.29 is 5.11 Å². The van der Waals surface area contributed by atoms with Crippen LogP contribution in [0.2, 0.25) is 0 Å². The molecule has 7 heteroatoms. The van der Waals surface area contributed by atoms with Crippen LogP contribution in [0.15, 0.2) is 22.4 Å². The van der Waals surface area contributed by atoms with Gasteiger partial charge >= 0.3 is 0 Å². The first kappa shape index (κ1) is 38.7. The van der Waals surface area contributed by atoms with Crippen LogP contribution in [0.25, 0.3) is 0 Å². The second-order valence-corrected chi connectivity index (χ2v) is 16.5. The standard InChI is InChI=1S/C37H64N4OS2/c1-9-11-13-15-17-21-25-43-34-39-32(40-35(41-34)44-26-22-18-16-14-12-10-2)23-19-20-24-38-29-27-30(36(3,4)5)33(42)31(28-29)37(6,7)8/h27-28,38,42H,9-26H2,1-8H3. The van der Waals surface area contributed by atoms with Crippen molar-refractivity contribution in [2.24, 2.45) is 0 Å². The molecule has 2 aromatic rings. The summed E-state index contributed by atoms with van der Waals surface area (Å²) in [4.78, 5) is 14.6. The molecule has 2 rings (SSSR count). The summed E-state index contributed by atoms with van der Waals surface area (Å²) in [6.45, 7) is 18.4. The van der Waals surface area contributed by atoms with Crippen molar-refractivity contribution in [3.63, 3.8) is 0 Å². The molecule has 0 aliphatic carbocycles. The lowest BCUT2D eigenvalue weighted by molar-refractivity contribution is 0.423. The van der Waals surface area contributed by atoms with E-state index < -0.39 is 0 Å². The topological polar surface area (TPSA) is 70.9 Å². The Labute approximate surface area is 279 Å². The molecular weight excluding hydrogens is 581 g/mol. The molecule has 0 atom stereocenters. The maximum atomic E-state index is 11.0. The first-order valence-electron chi connectivity index (χ1n) is 17.6. The van der Waals surface area contributed by atoms with E-state index in [1.54, 1.807) is 23.5 Å². The number of benzene rings is 1. The molecular formula is C37H64N4OS2. The predicted molar refractivity (Wildman–Crippen MR) is 195 cm³/mol. The fourth-order valence-corrected chi connectivity index (χ4v) is 6.99. The zero-order chi connectivity index (χ0) is 32.4. The summed E-state index contributed by atoms with van der Waals surface area (Å²) in [7, 11) is 0. The van der Waals surface area contributed by atoms with Gasteiger partial charge in [-0.1, -0.05) is 143 Å². The number of phenols is 1. The molecule has 1 aromatic heterocycles. The Morgan fingerprint density at radius 1 is 0.614 bits per heavy atom. The molecule has 1 heterocycles. The minimum Gasteiger partial charge on any atom is -0.507 e. The molecule has 0 saturated carbocycles. The van der Waals surface area contributed by atoms with Gasteiger partial charge in [0.2, 0.25) is 0 Å². The van der Waals surface area contributed by atoms with Crippen LogP contribution in [-0.2, 0) is 17.3 Å². The highest BCUT2D eigenvalue weighted by Crippen LogP contribution is 2.41. The van der Waals surface area contributed by atoms with Crippen molar-refractivity contribution in [3.05, 3.63) is 29.1 Å². The summed E-state index contributed by atoms with van der Waals surface area (Å²) in [5.41, 5.74) is 2.81. The Morgan fingerprint density at radius 2 is 1.07 bits per heavy atom. The monoisotopic (exact) mass is 644 g/mol. The molecule has 250 valence electrons. The number of anilines is 1. The normalized spacial score (nSPS) is 12.2. The van der Waals surface area contributed by atoms with Gasteiger partial charge in [-0.3, -0.25) is 0 Å². The van der Waals surface area contributed by atoms with Gasteiger partial charge in [0, 0.05) is 41.3 Å². The van der Waals surface area contributed by atoms with Gasteiger partial charge in [-0.2, -0.15) is 4.98 Å². The summed E-state index contributed by atoms with van der Waals surface area (Å²) in [5.74, 6) is 3.54. The van der Waals surface area contributed by atoms with Crippen molar-refractivity contribution in [2.75, 3.05) is 23.4 Å². The van der Waals surface area contributed by atoms with E-state index >= 15 is 0 Å². The second-order valence-electron chi connectivity index (χ2n) is 14.4. The fourth-order valence-electron chi connectivity index (χ4n) is 5.23. The smallest absolute Gasteiger partial charge is 0.191 e. The van der Waals surface area contributed by atoms with Crippen molar-refractivity contribution in [1.82, 2.24) is 15.0 Å². The Balaban J connectivity index is 1.95. The number of aryl methyl sites for hydroxylation is 1. The van der Waals surface area contributed by atoms with Gasteiger partial charge in [-0.25, -0.2) is 9.97 Å². The number of phenolic OH excluding ortho intramolecular Hbond substituents is 1. The van der Waals surface area contributed by atoms with Gasteiger partial charge in [0.25, 0.3) is 0 Å². The Morgan fingerprint density at radius 3 is 1.52 bits per heavy atom. The fraction of sp³-hybridized carbons (Fsp3) is 0.757. The van der Waals surface area contributed by atoms with Crippen LogP contribution in [0, 0.1) is 0 Å². The van der Waals surface area contributed by atoms with Crippen LogP contribution in [0.4, 0.5) is 5.69 Å². The maximum Gasteiger partial charge on any atom is 0.191 e. The number of rotatable bonds is 22. The molecule has 44 heavy (non-hydrogen) atoms. The lowest BCUT2D eigenvalue weighted by Gasteiger charge is -2.28. The minimum atomic E-state index is -0.129. The SMILES string of the molecule is CCCCCCCCSc1nc(CCCCNc2cc(C(C)(C)C)c(O)c(C(C)(C)C)c2)nc(SCCCCCCCC)n1. The molecule has 0 unspecified atom stereocenters. The number of nitrogens with zero attached hydrogens (tertiary/aromatic N) is 3. The van der Waals surface area contributed by atoms with E-state index in [2.05, 4.69) is 72.8 Å². The summed E-state index contributed by atoms with van der Waals surface area (Å²) in [5, 5.41) is 16.5. The van der Waals surface area contributed by atoms with Crippen LogP contribution in [0.3, 0.4) is 0 Å². The molecule has 0 fully saturated rings. The van der Waals surface area contributed by atoms with E-state index in [0.29, 0.717) is 5.75 Å². The van der Waals surface area contributed by atoms with E-state index in [0.717, 1.165) is 70.3 Å². The summed E-state index contributed by atoms with van der Waals surface area (Å²) >= 11 is 3.61. The maximum absolute atomic E-state index is 11.0. The summed E-state index contributed by atoms with van der Waals surface area (Å²) < 4.78 is 0. The molecule has 2 N–H and O–H groups in total. The zero-order valence-corrected chi connectivity index (χ0v) is 31.1. The van der Waals surface area contributed by atoms with Crippen LogP contribution in [0.5, 0.6) is 5.75 Å². The number of aromatic hydroxyl groups is 1. The van der Waals surface area contributed by atoms with Gasteiger partial charge in [-0.05, 0) is 48.6 Å². The molecule has 0 saturated heterocycles. The zero-order valence-electron chi connectivity index (χ0n) is 29.5. The van der Waals surface area contributed by atoms with E-state index in [1.165, 1.54) is 77.0 Å². The highest BCUT2D eigenvalue weighted by molar-refractivity contribution is 7.99. The molecule has 0 aliphatic heterocycles. The van der Waals surface area contributed by atoms with E-state index in [4.69, 9.17) is 15.0 Å². The highest BCUT2D eigenvalue weighted by Gasteiger charge is 2.26. The molecule has 0 bridgehead atoms. The predicted octanol–water partition coefficient (Wildman–Crippen LogP) is 11.5. The lowest BCUT2D eigenvalue weighted by Crippen LogP contribution is -2.18. The minimum absolute atomic E-state index is 0.129. The van der Waals surface area contributed by atoms with Crippen LogP contribution < -0.4 is 5.32 Å². The number of aromatic nitrogens is 3. The third-order valence-corrected chi connectivity index (χ3v) is 9.85. The highest BCUT2D eigenvalue weighted by atomic mass is 32.2. The molecule has 0 radical (unpaired) electrons. The van der Waals surface area contributed by atoms with Crippen LogP contribution in [-0.4, -0.2) is 38.1 Å². The Bertz CT molecular complexity index is 1010. The number of thioether (sulfide) groups is 2. The molecule has 1 aromatic carbocycles. The summed E-state index contributed by atoms with van der Waals surface area (Å²) in [6, 6.07) is 4.24. The quantitative estimate of drug-likeness (QED) is 0.0750. The third kappa shape index (κ3) is 15.2. The van der Waals surface area contributed by atoms with Crippen molar-refractivity contribution in [3.8, 4) is 5.75 Å². The van der Waals surface area contributed by atoms with E-state index in [-0.39, 0.29) is 10.8 Å². The first-order valence-corrected chi connectivity index (χ1v) is 19.5. The Hall–Kier alpha value is -1.47. The molecule has 5 nitrogen and oxygen atoms in total. The van der Waals surface area contributed by atoms with Crippen molar-refractivity contribution in [1.29, 1.82) is 0 Å². The third-order valence-electron chi connectivity index (χ3n) is 7.98.